The summed E-state index contributed by atoms with van der Waals surface area (Å²) < 4.78 is 5.37. The molecule has 0 radical (unpaired) electrons. The average molecular weight is 445 g/mol. The Hall–Kier alpha value is -2.82. The maximum atomic E-state index is 12.3. The summed E-state index contributed by atoms with van der Waals surface area (Å²) in [5.41, 5.74) is -0.0885. The number of carbonyl (C=O) groups is 1. The summed E-state index contributed by atoms with van der Waals surface area (Å²) in [7, 11) is 0. The van der Waals surface area contributed by atoms with Gasteiger partial charge in [-0.25, -0.2) is 9.69 Å². The summed E-state index contributed by atoms with van der Waals surface area (Å²) in [5.74, 6) is -0.115. The second-order valence-corrected chi connectivity index (χ2v) is 8.95. The molecule has 0 saturated heterocycles. The third-order valence-corrected chi connectivity index (χ3v) is 4.84. The molecule has 1 unspecified atom stereocenters. The number of unbranched alkanes of at least 4 members (excludes halogenated alkanes) is 8. The molecule has 0 aromatic carbocycles. The van der Waals surface area contributed by atoms with E-state index in [-0.39, 0.29) is 5.96 Å². The van der Waals surface area contributed by atoms with Crippen molar-refractivity contribution < 1.29 is 9.53 Å². The molecule has 0 spiro atoms. The molecule has 8 nitrogen and oxygen atoms in total. The Bertz CT molecular complexity index is 711. The highest BCUT2D eigenvalue weighted by Gasteiger charge is 2.21. The van der Waals surface area contributed by atoms with Crippen molar-refractivity contribution in [3.05, 3.63) is 24.5 Å². The monoisotopic (exact) mass is 444 g/mol. The predicted molar refractivity (Wildman–Crippen MR) is 128 cm³/mol. The van der Waals surface area contributed by atoms with Gasteiger partial charge < -0.3 is 15.4 Å². The fourth-order valence-electron chi connectivity index (χ4n) is 3.25. The lowest BCUT2D eigenvalue weighted by molar-refractivity contribution is 0.0497. The Morgan fingerprint density at radius 1 is 1.09 bits per heavy atom. The molecule has 3 N–H and O–H groups in total. The van der Waals surface area contributed by atoms with Crippen LogP contribution in [0, 0.1) is 16.9 Å². The van der Waals surface area contributed by atoms with Gasteiger partial charge in [-0.05, 0) is 45.7 Å². The van der Waals surface area contributed by atoms with Crippen LogP contribution in [0.15, 0.2) is 24.5 Å². The number of hydrogen-bond donors (Lipinski definition) is 3. The molecule has 0 aliphatic heterocycles. The number of nitrogens with one attached hydrogen (secondary N) is 3. The van der Waals surface area contributed by atoms with E-state index in [1.165, 1.54) is 38.5 Å². The van der Waals surface area contributed by atoms with E-state index in [9.17, 15) is 10.1 Å². The van der Waals surface area contributed by atoms with Crippen LogP contribution in [-0.4, -0.2) is 28.8 Å². The lowest BCUT2D eigenvalue weighted by atomic mass is 10.1. The van der Waals surface area contributed by atoms with Gasteiger partial charge in [-0.1, -0.05) is 58.3 Å². The van der Waals surface area contributed by atoms with Gasteiger partial charge in [0.15, 0.2) is 6.19 Å². The zero-order valence-electron chi connectivity index (χ0n) is 20.1. The SMILES string of the molecule is CCCCCCCCCCCC(NC(=N)N(C#N)c1ccncc1)NC(=O)OC(C)(C)C. The summed E-state index contributed by atoms with van der Waals surface area (Å²) in [5, 5.41) is 23.6. The Morgan fingerprint density at radius 2 is 1.66 bits per heavy atom. The Balaban J connectivity index is 2.59. The van der Waals surface area contributed by atoms with Gasteiger partial charge in [0.2, 0.25) is 5.96 Å². The van der Waals surface area contributed by atoms with Gasteiger partial charge in [-0.2, -0.15) is 5.26 Å². The fourth-order valence-corrected chi connectivity index (χ4v) is 3.25. The minimum absolute atomic E-state index is 0.115. The van der Waals surface area contributed by atoms with Gasteiger partial charge in [0.05, 0.1) is 5.69 Å². The molecule has 8 heteroatoms. The molecule has 32 heavy (non-hydrogen) atoms. The minimum atomic E-state index is -0.615. The normalized spacial score (nSPS) is 11.8. The Morgan fingerprint density at radius 3 is 2.19 bits per heavy atom. The Labute approximate surface area is 193 Å². The average Bonchev–Trinajstić information content (AvgIpc) is 2.72. The molecular weight excluding hydrogens is 404 g/mol. The van der Waals surface area contributed by atoms with Crippen molar-refractivity contribution in [1.82, 2.24) is 15.6 Å². The van der Waals surface area contributed by atoms with E-state index >= 15 is 0 Å². The number of pyridine rings is 1. The number of alkyl carbamates (subject to hydrolysis) is 1. The first-order valence-corrected chi connectivity index (χ1v) is 11.7. The van der Waals surface area contributed by atoms with Crippen molar-refractivity contribution in [3.63, 3.8) is 0 Å². The smallest absolute Gasteiger partial charge is 0.409 e. The third kappa shape index (κ3) is 12.1. The molecule has 1 heterocycles. The lowest BCUT2D eigenvalue weighted by Crippen LogP contribution is -2.52. The van der Waals surface area contributed by atoms with Crippen LogP contribution >= 0.6 is 0 Å². The standard InChI is InChI=1S/C24H40N6O2/c1-5-6-7-8-9-10-11-12-13-14-21(29-23(31)32-24(2,3)4)28-22(26)30(19-25)20-15-17-27-18-16-20/h15-18,21H,5-14H2,1-4H3,(H2,26,28)(H,29,31). The third-order valence-electron chi connectivity index (χ3n) is 4.84. The fraction of sp³-hybridized carbons (Fsp3) is 0.667. The number of rotatable bonds is 13. The van der Waals surface area contributed by atoms with Gasteiger partial charge in [-0.15, -0.1) is 0 Å². The molecule has 0 aliphatic rings. The zero-order chi connectivity index (χ0) is 23.8. The number of anilines is 1. The van der Waals surface area contributed by atoms with Crippen LogP contribution in [0.4, 0.5) is 10.5 Å². The Kier molecular flexibility index (Phi) is 12.8. The van der Waals surface area contributed by atoms with Crippen LogP contribution in [-0.2, 0) is 4.74 Å². The van der Waals surface area contributed by atoms with Gasteiger partial charge in [0.1, 0.15) is 11.8 Å². The summed E-state index contributed by atoms with van der Waals surface area (Å²) in [4.78, 5) is 17.4. The van der Waals surface area contributed by atoms with Gasteiger partial charge in [-0.3, -0.25) is 10.4 Å². The van der Waals surface area contributed by atoms with Crippen LogP contribution in [0.5, 0.6) is 0 Å². The molecule has 0 saturated carbocycles. The van der Waals surface area contributed by atoms with Crippen LogP contribution in [0.3, 0.4) is 0 Å². The highest BCUT2D eigenvalue weighted by Crippen LogP contribution is 2.14. The first-order valence-electron chi connectivity index (χ1n) is 11.7. The maximum absolute atomic E-state index is 12.3. The highest BCUT2D eigenvalue weighted by molar-refractivity contribution is 5.96. The first kappa shape index (κ1) is 27.2. The van der Waals surface area contributed by atoms with Crippen LogP contribution in [0.1, 0.15) is 91.9 Å². The van der Waals surface area contributed by atoms with E-state index in [0.29, 0.717) is 12.1 Å². The quantitative estimate of drug-likeness (QED) is 0.0902. The van der Waals surface area contributed by atoms with E-state index in [1.807, 2.05) is 6.19 Å². The van der Waals surface area contributed by atoms with Crippen LogP contribution in [0.2, 0.25) is 0 Å². The molecule has 1 atom stereocenters. The van der Waals surface area contributed by atoms with E-state index in [4.69, 9.17) is 10.1 Å². The molecule has 1 rings (SSSR count). The summed E-state index contributed by atoms with van der Waals surface area (Å²) in [6.45, 7) is 7.64. The molecule has 0 fully saturated rings. The number of hydrogen-bond acceptors (Lipinski definition) is 5. The van der Waals surface area contributed by atoms with Crippen molar-refractivity contribution in [2.75, 3.05) is 4.90 Å². The number of amides is 1. The largest absolute Gasteiger partial charge is 0.444 e. The van der Waals surface area contributed by atoms with Crippen LogP contribution < -0.4 is 15.5 Å². The lowest BCUT2D eigenvalue weighted by Gasteiger charge is -2.26. The topological polar surface area (TPSA) is 114 Å². The van der Waals surface area contributed by atoms with E-state index in [1.54, 1.807) is 45.3 Å². The van der Waals surface area contributed by atoms with Gasteiger partial charge in [0.25, 0.3) is 0 Å². The van der Waals surface area contributed by atoms with Gasteiger partial charge >= 0.3 is 6.09 Å². The number of ether oxygens (including phenoxy) is 1. The maximum Gasteiger partial charge on any atom is 0.409 e. The molecule has 178 valence electrons. The minimum Gasteiger partial charge on any atom is -0.444 e. The van der Waals surface area contributed by atoms with Crippen molar-refractivity contribution >= 4 is 17.7 Å². The zero-order valence-corrected chi connectivity index (χ0v) is 20.1. The summed E-state index contributed by atoms with van der Waals surface area (Å²) >= 11 is 0. The van der Waals surface area contributed by atoms with E-state index in [2.05, 4.69) is 22.5 Å². The molecular formula is C24H40N6O2. The molecule has 0 bridgehead atoms. The number of aromatic nitrogens is 1. The highest BCUT2D eigenvalue weighted by atomic mass is 16.6. The molecule has 0 aliphatic carbocycles. The second kappa shape index (κ2) is 15.1. The molecule has 1 amide bonds. The number of nitrogens with zero attached hydrogens (tertiary/aromatic N) is 3. The van der Waals surface area contributed by atoms with Crippen molar-refractivity contribution in [1.29, 1.82) is 10.7 Å². The van der Waals surface area contributed by atoms with Crippen molar-refractivity contribution in [2.45, 2.75) is 104 Å². The number of nitriles is 1. The van der Waals surface area contributed by atoms with E-state index < -0.39 is 17.9 Å². The van der Waals surface area contributed by atoms with Crippen molar-refractivity contribution in [3.8, 4) is 6.19 Å². The summed E-state index contributed by atoms with van der Waals surface area (Å²) in [6.07, 6.45) is 15.5. The van der Waals surface area contributed by atoms with Crippen molar-refractivity contribution in [2.24, 2.45) is 0 Å². The first-order chi connectivity index (χ1) is 15.3. The predicted octanol–water partition coefficient (Wildman–Crippen LogP) is 5.67. The number of guanidine groups is 1. The van der Waals surface area contributed by atoms with Gasteiger partial charge in [0, 0.05) is 12.4 Å². The summed E-state index contributed by atoms with van der Waals surface area (Å²) in [6, 6.07) is 3.30. The number of carbonyl (C=O) groups excluding carboxylic acids is 1. The van der Waals surface area contributed by atoms with Crippen LogP contribution in [0.25, 0.3) is 0 Å². The molecule has 1 aromatic heterocycles. The van der Waals surface area contributed by atoms with E-state index in [0.717, 1.165) is 24.2 Å². The molecule has 1 aromatic rings. The second-order valence-electron chi connectivity index (χ2n) is 8.95.